The molecule has 1 fully saturated rings. The Kier molecular flexibility index (Phi) is 4.57. The molecule has 0 radical (unpaired) electrons. The number of rotatable bonds is 4. The number of nitrogens with one attached hydrogen (secondary N) is 1. The second-order valence-corrected chi connectivity index (χ2v) is 6.97. The minimum atomic E-state index is 0.318. The Balaban J connectivity index is 1.73. The van der Waals surface area contributed by atoms with E-state index in [9.17, 15) is 0 Å². The molecule has 3 aromatic rings. The molecule has 4 rings (SSSR count). The van der Waals surface area contributed by atoms with Gasteiger partial charge in [0.2, 0.25) is 5.95 Å². The van der Waals surface area contributed by atoms with Crippen molar-refractivity contribution in [2.45, 2.75) is 38.1 Å². The van der Waals surface area contributed by atoms with Gasteiger partial charge in [-0.05, 0) is 41.7 Å². The van der Waals surface area contributed by atoms with Crippen molar-refractivity contribution in [1.29, 1.82) is 0 Å². The van der Waals surface area contributed by atoms with Crippen molar-refractivity contribution < 1.29 is 0 Å². The first-order valence-corrected chi connectivity index (χ1v) is 9.29. The maximum atomic E-state index is 5.94. The zero-order valence-corrected chi connectivity index (χ0v) is 14.9. The van der Waals surface area contributed by atoms with Crippen LogP contribution >= 0.6 is 0 Å². The Morgan fingerprint density at radius 3 is 2.42 bits per heavy atom. The smallest absolute Gasteiger partial charge is 0.222 e. The molecular weight excluding hydrogens is 320 g/mol. The first kappa shape index (κ1) is 16.6. The van der Waals surface area contributed by atoms with Gasteiger partial charge in [-0.2, -0.15) is 4.98 Å². The Labute approximate surface area is 154 Å². The fraction of sp³-hybridized carbons (Fsp3) is 0.273. The molecule has 1 aliphatic rings. The third-order valence-corrected chi connectivity index (χ3v) is 5.14. The van der Waals surface area contributed by atoms with Crippen LogP contribution in [0.4, 0.5) is 11.8 Å². The maximum Gasteiger partial charge on any atom is 0.222 e. The second kappa shape index (κ2) is 7.16. The quantitative estimate of drug-likeness (QED) is 0.677. The van der Waals surface area contributed by atoms with Gasteiger partial charge < -0.3 is 11.1 Å². The van der Waals surface area contributed by atoms with Crippen LogP contribution in [0.5, 0.6) is 0 Å². The monoisotopic (exact) mass is 344 g/mol. The molecule has 0 atom stereocenters. The number of aromatic nitrogens is 2. The van der Waals surface area contributed by atoms with Crippen LogP contribution in [0.2, 0.25) is 0 Å². The zero-order valence-electron chi connectivity index (χ0n) is 14.9. The van der Waals surface area contributed by atoms with Gasteiger partial charge in [-0.15, -0.1) is 0 Å². The van der Waals surface area contributed by atoms with E-state index in [0.717, 1.165) is 33.4 Å². The fourth-order valence-corrected chi connectivity index (χ4v) is 3.69. The number of nitrogens with two attached hydrogens (primary N) is 1. The minimum absolute atomic E-state index is 0.318. The molecule has 1 saturated carbocycles. The molecule has 0 saturated heterocycles. The molecule has 26 heavy (non-hydrogen) atoms. The summed E-state index contributed by atoms with van der Waals surface area (Å²) in [5, 5.41) is 4.64. The van der Waals surface area contributed by atoms with E-state index in [1.165, 1.54) is 32.1 Å². The lowest BCUT2D eigenvalue weighted by Gasteiger charge is -2.24. The van der Waals surface area contributed by atoms with E-state index in [4.69, 9.17) is 5.73 Å². The molecule has 0 amide bonds. The van der Waals surface area contributed by atoms with Crippen LogP contribution in [0.25, 0.3) is 28.1 Å². The summed E-state index contributed by atoms with van der Waals surface area (Å²) in [6, 6.07) is 15.1. The standard InChI is InChI=1S/C22H24N4/c1-2-15-8-10-16(11-9-15)17-12-13-20-19(14-17)21(26-22(23)25-20)24-18-6-4-3-5-7-18/h2,8-14,18H,1,3-7H2,(H3,23,24,25,26). The third kappa shape index (κ3) is 3.40. The van der Waals surface area contributed by atoms with Gasteiger partial charge in [-0.1, -0.05) is 62.2 Å². The summed E-state index contributed by atoms with van der Waals surface area (Å²) < 4.78 is 0. The van der Waals surface area contributed by atoms with Crippen molar-refractivity contribution in [3.8, 4) is 11.1 Å². The highest BCUT2D eigenvalue weighted by Crippen LogP contribution is 2.30. The first-order valence-electron chi connectivity index (χ1n) is 9.29. The number of benzene rings is 2. The van der Waals surface area contributed by atoms with Gasteiger partial charge in [0.15, 0.2) is 0 Å². The molecule has 2 aromatic carbocycles. The Bertz CT molecular complexity index is 925. The molecule has 4 heteroatoms. The predicted octanol–water partition coefficient (Wildman–Crippen LogP) is 5.27. The third-order valence-electron chi connectivity index (χ3n) is 5.14. The Morgan fingerprint density at radius 2 is 1.69 bits per heavy atom. The number of nitrogen functional groups attached to an aromatic ring is 1. The number of hydrogen-bond donors (Lipinski definition) is 2. The summed E-state index contributed by atoms with van der Waals surface area (Å²) in [6.07, 6.45) is 8.11. The number of fused-ring (bicyclic) bond motifs is 1. The number of hydrogen-bond acceptors (Lipinski definition) is 4. The minimum Gasteiger partial charge on any atom is -0.368 e. The molecule has 0 spiro atoms. The van der Waals surface area contributed by atoms with E-state index in [-0.39, 0.29) is 0 Å². The summed E-state index contributed by atoms with van der Waals surface area (Å²) in [5.74, 6) is 1.17. The predicted molar refractivity (Wildman–Crippen MR) is 110 cm³/mol. The van der Waals surface area contributed by atoms with E-state index >= 15 is 0 Å². The van der Waals surface area contributed by atoms with Crippen LogP contribution in [0.3, 0.4) is 0 Å². The van der Waals surface area contributed by atoms with Crippen LogP contribution in [0, 0.1) is 0 Å². The van der Waals surface area contributed by atoms with Gasteiger partial charge in [0.05, 0.1) is 5.52 Å². The summed E-state index contributed by atoms with van der Waals surface area (Å²) >= 11 is 0. The van der Waals surface area contributed by atoms with Crippen molar-refractivity contribution in [2.75, 3.05) is 11.1 Å². The molecule has 1 aliphatic carbocycles. The number of nitrogens with zero attached hydrogens (tertiary/aromatic N) is 2. The highest BCUT2D eigenvalue weighted by molar-refractivity contribution is 5.93. The highest BCUT2D eigenvalue weighted by atomic mass is 15.1. The molecule has 3 N–H and O–H groups in total. The zero-order chi connectivity index (χ0) is 17.9. The average Bonchev–Trinajstić information content (AvgIpc) is 2.68. The fourth-order valence-electron chi connectivity index (χ4n) is 3.69. The molecule has 132 valence electrons. The van der Waals surface area contributed by atoms with E-state index in [1.807, 2.05) is 12.1 Å². The lowest BCUT2D eigenvalue weighted by molar-refractivity contribution is 0.462. The normalized spacial score (nSPS) is 15.1. The molecule has 0 bridgehead atoms. The highest BCUT2D eigenvalue weighted by Gasteiger charge is 2.16. The summed E-state index contributed by atoms with van der Waals surface area (Å²) in [5.41, 5.74) is 10.2. The molecule has 0 unspecified atom stereocenters. The SMILES string of the molecule is C=Cc1ccc(-c2ccc3nc(N)nc(NC4CCCCC4)c3c2)cc1. The van der Waals surface area contributed by atoms with Gasteiger partial charge in [-0.25, -0.2) is 4.98 Å². The lowest BCUT2D eigenvalue weighted by Crippen LogP contribution is -2.23. The van der Waals surface area contributed by atoms with Crippen molar-refractivity contribution in [1.82, 2.24) is 9.97 Å². The largest absolute Gasteiger partial charge is 0.368 e. The van der Waals surface area contributed by atoms with Crippen molar-refractivity contribution in [2.24, 2.45) is 0 Å². The Morgan fingerprint density at radius 1 is 0.962 bits per heavy atom. The van der Waals surface area contributed by atoms with E-state index in [0.29, 0.717) is 12.0 Å². The van der Waals surface area contributed by atoms with E-state index in [2.05, 4.69) is 58.3 Å². The Hall–Kier alpha value is -2.88. The molecule has 1 heterocycles. The second-order valence-electron chi connectivity index (χ2n) is 6.97. The van der Waals surface area contributed by atoms with Gasteiger partial charge in [0.1, 0.15) is 5.82 Å². The van der Waals surface area contributed by atoms with E-state index < -0.39 is 0 Å². The van der Waals surface area contributed by atoms with Gasteiger partial charge >= 0.3 is 0 Å². The lowest BCUT2D eigenvalue weighted by atomic mass is 9.95. The molecule has 4 nitrogen and oxygen atoms in total. The molecule has 0 aliphatic heterocycles. The summed E-state index contributed by atoms with van der Waals surface area (Å²) in [6.45, 7) is 3.81. The van der Waals surface area contributed by atoms with Gasteiger partial charge in [0, 0.05) is 11.4 Å². The average molecular weight is 344 g/mol. The van der Waals surface area contributed by atoms with Crippen LogP contribution in [0.15, 0.2) is 49.0 Å². The van der Waals surface area contributed by atoms with Crippen molar-refractivity contribution >= 4 is 28.7 Å². The summed E-state index contributed by atoms with van der Waals surface area (Å²) in [4.78, 5) is 8.90. The maximum absolute atomic E-state index is 5.94. The van der Waals surface area contributed by atoms with Crippen LogP contribution in [0.1, 0.15) is 37.7 Å². The van der Waals surface area contributed by atoms with Gasteiger partial charge in [-0.3, -0.25) is 0 Å². The van der Waals surface area contributed by atoms with Gasteiger partial charge in [0.25, 0.3) is 0 Å². The first-order chi connectivity index (χ1) is 12.7. The van der Waals surface area contributed by atoms with Crippen molar-refractivity contribution in [3.63, 3.8) is 0 Å². The summed E-state index contributed by atoms with van der Waals surface area (Å²) in [7, 11) is 0. The topological polar surface area (TPSA) is 63.8 Å². The van der Waals surface area contributed by atoms with E-state index in [1.54, 1.807) is 0 Å². The molecular formula is C22H24N4. The van der Waals surface area contributed by atoms with Crippen LogP contribution in [-0.2, 0) is 0 Å². The van der Waals surface area contributed by atoms with Crippen LogP contribution < -0.4 is 11.1 Å². The molecule has 1 aromatic heterocycles. The van der Waals surface area contributed by atoms with Crippen LogP contribution in [-0.4, -0.2) is 16.0 Å². The number of anilines is 2. The van der Waals surface area contributed by atoms with Crippen molar-refractivity contribution in [3.05, 3.63) is 54.6 Å².